The molecule has 0 spiro atoms. The van der Waals surface area contributed by atoms with E-state index < -0.39 is 17.5 Å². The number of benzene rings is 2. The number of carbonyl (C=O) groups excluding carboxylic acids is 1. The van der Waals surface area contributed by atoms with E-state index in [2.05, 4.69) is 5.32 Å². The second kappa shape index (κ2) is 10.8. The quantitative estimate of drug-likeness (QED) is 0.366. The summed E-state index contributed by atoms with van der Waals surface area (Å²) in [5.74, 6) is -2.51. The number of aryl methyl sites for hydroxylation is 1. The number of ether oxygens (including phenoxy) is 1. The molecule has 1 saturated heterocycles. The Labute approximate surface area is 209 Å². The molecule has 0 radical (unpaired) electrons. The van der Waals surface area contributed by atoms with Crippen molar-refractivity contribution in [1.29, 1.82) is 0 Å². The molecule has 2 aromatic carbocycles. The predicted octanol–water partition coefficient (Wildman–Crippen LogP) is 6.02. The zero-order valence-electron chi connectivity index (χ0n) is 20.9. The molecule has 0 aliphatic carbocycles. The van der Waals surface area contributed by atoms with Crippen LogP contribution in [0.5, 0.6) is 5.75 Å². The highest BCUT2D eigenvalue weighted by Gasteiger charge is 2.37. The number of fused-ring (bicyclic) bond motifs is 1. The molecule has 192 valence electrons. The molecule has 2 heterocycles. The fourth-order valence-electron chi connectivity index (χ4n) is 4.37. The largest absolute Gasteiger partial charge is 0.490 e. The molecule has 1 N–H and O–H groups in total. The average Bonchev–Trinajstić information content (AvgIpc) is 3.19. The lowest BCUT2D eigenvalue weighted by Crippen LogP contribution is -2.24. The molecular formula is C28H32F2N2O4. The van der Waals surface area contributed by atoms with E-state index in [-0.39, 0.29) is 24.6 Å². The molecule has 6 nitrogen and oxygen atoms in total. The van der Waals surface area contributed by atoms with Crippen molar-refractivity contribution in [3.05, 3.63) is 69.6 Å². The highest BCUT2D eigenvalue weighted by atomic mass is 19.3. The van der Waals surface area contributed by atoms with Gasteiger partial charge in [-0.3, -0.25) is 9.69 Å². The van der Waals surface area contributed by atoms with Crippen LogP contribution in [0.25, 0.3) is 11.0 Å². The lowest BCUT2D eigenvalue weighted by atomic mass is 10.0. The van der Waals surface area contributed by atoms with Gasteiger partial charge in [-0.25, -0.2) is 13.6 Å². The van der Waals surface area contributed by atoms with Gasteiger partial charge in [-0.15, -0.1) is 0 Å². The molecule has 1 aliphatic heterocycles. The number of rotatable bonds is 9. The zero-order chi connectivity index (χ0) is 25.9. The number of nitrogens with zero attached hydrogens (tertiary/aromatic N) is 1. The van der Waals surface area contributed by atoms with Crippen molar-refractivity contribution in [2.24, 2.45) is 0 Å². The summed E-state index contributed by atoms with van der Waals surface area (Å²) in [7, 11) is 0. The first kappa shape index (κ1) is 25.8. The second-order valence-electron chi connectivity index (χ2n) is 9.46. The topological polar surface area (TPSA) is 71.8 Å². The molecule has 36 heavy (non-hydrogen) atoms. The molecule has 1 aromatic heterocycles. The smallest absolute Gasteiger partial charge is 0.349 e. The zero-order valence-corrected chi connectivity index (χ0v) is 20.9. The Morgan fingerprint density at radius 3 is 2.58 bits per heavy atom. The first-order chi connectivity index (χ1) is 17.2. The fourth-order valence-corrected chi connectivity index (χ4v) is 4.37. The van der Waals surface area contributed by atoms with Gasteiger partial charge in [0.2, 0.25) is 0 Å². The van der Waals surface area contributed by atoms with Crippen molar-refractivity contribution in [2.75, 3.05) is 18.4 Å². The molecule has 8 heteroatoms. The van der Waals surface area contributed by atoms with Crippen LogP contribution in [0.4, 0.5) is 14.5 Å². The van der Waals surface area contributed by atoms with Gasteiger partial charge in [0.25, 0.3) is 11.8 Å². The first-order valence-electron chi connectivity index (χ1n) is 12.5. The van der Waals surface area contributed by atoms with Gasteiger partial charge >= 0.3 is 5.63 Å². The van der Waals surface area contributed by atoms with Gasteiger partial charge in [0, 0.05) is 36.1 Å². The van der Waals surface area contributed by atoms with Crippen molar-refractivity contribution >= 4 is 22.6 Å². The van der Waals surface area contributed by atoms with E-state index in [4.69, 9.17) is 9.15 Å². The summed E-state index contributed by atoms with van der Waals surface area (Å²) >= 11 is 0. The van der Waals surface area contributed by atoms with E-state index in [0.29, 0.717) is 41.9 Å². The van der Waals surface area contributed by atoms with E-state index in [9.17, 15) is 18.4 Å². The van der Waals surface area contributed by atoms with Crippen LogP contribution in [0.2, 0.25) is 0 Å². The number of hydrogen-bond donors (Lipinski definition) is 1. The van der Waals surface area contributed by atoms with E-state index in [1.54, 1.807) is 41.3 Å². The lowest BCUT2D eigenvalue weighted by Gasteiger charge is -2.17. The molecule has 0 unspecified atom stereocenters. The average molecular weight is 499 g/mol. The Morgan fingerprint density at radius 1 is 1.19 bits per heavy atom. The van der Waals surface area contributed by atoms with Crippen molar-refractivity contribution in [3.63, 3.8) is 0 Å². The standard InChI is InChI=1S/C28H32F2N2O4/c1-4-6-22-24(35-18(3)5-2)12-9-20-15-23(27(34)36-25(20)22)26(33)31-21-10-7-19(8-11-21)16-32-14-13-28(29,30)17-32/h7-12,15,18H,4-6,13-14,16-17H2,1-3H3,(H,31,33)/t18-/m0/s1. The van der Waals surface area contributed by atoms with Gasteiger partial charge in [-0.1, -0.05) is 32.4 Å². The maximum absolute atomic E-state index is 13.4. The number of alkyl halides is 2. The Bertz CT molecular complexity index is 1290. The van der Waals surface area contributed by atoms with E-state index in [1.165, 1.54) is 0 Å². The monoisotopic (exact) mass is 498 g/mol. The molecule has 0 bridgehead atoms. The van der Waals surface area contributed by atoms with E-state index >= 15 is 0 Å². The van der Waals surface area contributed by atoms with Gasteiger partial charge in [0.1, 0.15) is 16.9 Å². The normalized spacial score (nSPS) is 16.2. The molecule has 1 aliphatic rings. The maximum Gasteiger partial charge on any atom is 0.349 e. The van der Waals surface area contributed by atoms with Gasteiger partial charge in [0.05, 0.1) is 12.6 Å². The summed E-state index contributed by atoms with van der Waals surface area (Å²) in [4.78, 5) is 27.4. The van der Waals surface area contributed by atoms with Crippen LogP contribution in [0.1, 0.15) is 61.5 Å². The van der Waals surface area contributed by atoms with Crippen LogP contribution >= 0.6 is 0 Å². The first-order valence-corrected chi connectivity index (χ1v) is 12.5. The summed E-state index contributed by atoms with van der Waals surface area (Å²) in [5, 5.41) is 3.38. The number of anilines is 1. The van der Waals surface area contributed by atoms with Gasteiger partial charge < -0.3 is 14.5 Å². The van der Waals surface area contributed by atoms with E-state index in [1.807, 2.05) is 26.8 Å². The van der Waals surface area contributed by atoms with Gasteiger partial charge in [0.15, 0.2) is 0 Å². The fraction of sp³-hybridized carbons (Fsp3) is 0.429. The number of likely N-dealkylation sites (tertiary alicyclic amines) is 1. The summed E-state index contributed by atoms with van der Waals surface area (Å²) in [6.45, 7) is 6.60. The third-order valence-electron chi connectivity index (χ3n) is 6.48. The van der Waals surface area contributed by atoms with Crippen LogP contribution in [0, 0.1) is 0 Å². The van der Waals surface area contributed by atoms with Crippen LogP contribution in [-0.4, -0.2) is 35.9 Å². The van der Waals surface area contributed by atoms with Crippen LogP contribution in [-0.2, 0) is 13.0 Å². The molecule has 3 aromatic rings. The van der Waals surface area contributed by atoms with Crippen molar-refractivity contribution < 1.29 is 22.7 Å². The number of halogens is 2. The van der Waals surface area contributed by atoms with Crippen molar-refractivity contribution in [1.82, 2.24) is 4.90 Å². The second-order valence-corrected chi connectivity index (χ2v) is 9.46. The molecular weight excluding hydrogens is 466 g/mol. The summed E-state index contributed by atoms with van der Waals surface area (Å²) in [6.07, 6.45) is 2.28. The van der Waals surface area contributed by atoms with Gasteiger partial charge in [-0.05, 0) is 55.7 Å². The van der Waals surface area contributed by atoms with Crippen molar-refractivity contribution in [2.45, 2.75) is 65.0 Å². The number of carbonyl (C=O) groups is 1. The minimum Gasteiger partial charge on any atom is -0.490 e. The van der Waals surface area contributed by atoms with Gasteiger partial charge in [-0.2, -0.15) is 0 Å². The van der Waals surface area contributed by atoms with Crippen LogP contribution in [0.3, 0.4) is 0 Å². The summed E-state index contributed by atoms with van der Waals surface area (Å²) < 4.78 is 38.5. The SMILES string of the molecule is CCCc1c(O[C@@H](C)CC)ccc2cc(C(=O)Nc3ccc(CN4CCC(F)(F)C4)cc3)c(=O)oc12. The minimum atomic E-state index is -2.63. The Hall–Kier alpha value is -3.26. The third-order valence-corrected chi connectivity index (χ3v) is 6.48. The molecule has 0 saturated carbocycles. The number of nitrogens with one attached hydrogen (secondary N) is 1. The molecule has 1 atom stereocenters. The lowest BCUT2D eigenvalue weighted by molar-refractivity contribution is 0.0115. The third kappa shape index (κ3) is 5.93. The minimum absolute atomic E-state index is 0.0255. The number of hydrogen-bond acceptors (Lipinski definition) is 5. The Balaban J connectivity index is 1.51. The molecule has 1 amide bonds. The Morgan fingerprint density at radius 2 is 1.94 bits per heavy atom. The van der Waals surface area contributed by atoms with Crippen LogP contribution in [0.15, 0.2) is 51.7 Å². The highest BCUT2D eigenvalue weighted by molar-refractivity contribution is 6.05. The molecule has 1 fully saturated rings. The summed E-state index contributed by atoms with van der Waals surface area (Å²) in [6, 6.07) is 12.2. The number of amides is 1. The molecule has 4 rings (SSSR count). The van der Waals surface area contributed by atoms with E-state index in [0.717, 1.165) is 24.0 Å². The van der Waals surface area contributed by atoms with Crippen molar-refractivity contribution in [3.8, 4) is 5.75 Å². The predicted molar refractivity (Wildman–Crippen MR) is 136 cm³/mol. The summed E-state index contributed by atoms with van der Waals surface area (Å²) in [5.41, 5.74) is 1.82. The van der Waals surface area contributed by atoms with Crippen LogP contribution < -0.4 is 15.7 Å². The maximum atomic E-state index is 13.4. The highest BCUT2D eigenvalue weighted by Crippen LogP contribution is 2.31. The Kier molecular flexibility index (Phi) is 7.73.